The summed E-state index contributed by atoms with van der Waals surface area (Å²) in [5.74, 6) is 0.700. The Morgan fingerprint density at radius 2 is 2.28 bits per heavy atom. The van der Waals surface area contributed by atoms with Gasteiger partial charge in [0.1, 0.15) is 5.78 Å². The van der Waals surface area contributed by atoms with E-state index in [2.05, 4.69) is 43.3 Å². The number of nitrogens with zero attached hydrogens (tertiary/aromatic N) is 1. The van der Waals surface area contributed by atoms with Crippen LogP contribution in [0, 0.1) is 11.3 Å². The molecule has 18 heavy (non-hydrogen) atoms. The average Bonchev–Trinajstić information content (AvgIpc) is 2.77. The van der Waals surface area contributed by atoms with Crippen LogP contribution in [-0.4, -0.2) is 24.3 Å². The molecule has 1 aliphatic carbocycles. The predicted molar refractivity (Wildman–Crippen MR) is 76.8 cm³/mol. The van der Waals surface area contributed by atoms with Gasteiger partial charge in [0, 0.05) is 29.3 Å². The summed E-state index contributed by atoms with van der Waals surface area (Å²) in [5, 5.41) is 2.11. The first kappa shape index (κ1) is 13.8. The molecule has 1 heterocycles. The fraction of sp³-hybridized carbons (Fsp3) is 0.667. The van der Waals surface area contributed by atoms with Crippen molar-refractivity contribution in [2.45, 2.75) is 39.7 Å². The average molecular weight is 265 g/mol. The Morgan fingerprint density at radius 3 is 2.94 bits per heavy atom. The molecular formula is C15H23NOS. The van der Waals surface area contributed by atoms with Crippen molar-refractivity contribution < 1.29 is 4.79 Å². The smallest absolute Gasteiger partial charge is 0.142 e. The van der Waals surface area contributed by atoms with Crippen LogP contribution >= 0.6 is 11.3 Å². The first-order valence-electron chi connectivity index (χ1n) is 6.74. The van der Waals surface area contributed by atoms with Gasteiger partial charge in [0.15, 0.2) is 0 Å². The van der Waals surface area contributed by atoms with Crippen LogP contribution in [0.4, 0.5) is 0 Å². The third kappa shape index (κ3) is 3.21. The van der Waals surface area contributed by atoms with E-state index in [4.69, 9.17) is 0 Å². The van der Waals surface area contributed by atoms with Gasteiger partial charge in [0.25, 0.3) is 0 Å². The van der Waals surface area contributed by atoms with Gasteiger partial charge in [-0.25, -0.2) is 0 Å². The van der Waals surface area contributed by atoms with Gasteiger partial charge in [-0.05, 0) is 31.3 Å². The van der Waals surface area contributed by atoms with E-state index >= 15 is 0 Å². The van der Waals surface area contributed by atoms with E-state index in [1.165, 1.54) is 11.3 Å². The second-order valence-corrected chi connectivity index (χ2v) is 7.15. The monoisotopic (exact) mass is 265 g/mol. The Bertz CT molecular complexity index is 397. The molecule has 0 aromatic carbocycles. The maximum Gasteiger partial charge on any atom is 0.142 e. The highest BCUT2D eigenvalue weighted by molar-refractivity contribution is 7.09. The third-order valence-electron chi connectivity index (χ3n) is 3.93. The molecule has 1 aromatic rings. The van der Waals surface area contributed by atoms with Gasteiger partial charge < -0.3 is 4.90 Å². The van der Waals surface area contributed by atoms with Crippen molar-refractivity contribution in [1.82, 2.24) is 4.90 Å². The fourth-order valence-electron chi connectivity index (χ4n) is 2.88. The molecule has 0 spiro atoms. The minimum absolute atomic E-state index is 0.104. The topological polar surface area (TPSA) is 20.3 Å². The van der Waals surface area contributed by atoms with Gasteiger partial charge in [-0.2, -0.15) is 0 Å². The minimum atomic E-state index is -0.104. The second kappa shape index (κ2) is 5.54. The predicted octanol–water partition coefficient (Wildman–Crippen LogP) is 3.58. The second-order valence-electron chi connectivity index (χ2n) is 6.11. The summed E-state index contributed by atoms with van der Waals surface area (Å²) in [7, 11) is 2.12. The fourth-order valence-corrected chi connectivity index (χ4v) is 3.66. The molecule has 0 N–H and O–H groups in total. The normalized spacial score (nSPS) is 23.6. The summed E-state index contributed by atoms with van der Waals surface area (Å²) < 4.78 is 0. The Labute approximate surface area is 114 Å². The molecule has 1 aliphatic rings. The zero-order valence-electron chi connectivity index (χ0n) is 11.6. The van der Waals surface area contributed by atoms with Gasteiger partial charge in [-0.15, -0.1) is 11.3 Å². The Kier molecular flexibility index (Phi) is 4.23. The number of thiophene rings is 1. The maximum atomic E-state index is 12.4. The molecule has 2 nitrogen and oxygen atoms in total. The molecule has 2 rings (SSSR count). The maximum absolute atomic E-state index is 12.4. The summed E-state index contributed by atoms with van der Waals surface area (Å²) in [6.07, 6.45) is 3.31. The van der Waals surface area contributed by atoms with Crippen molar-refractivity contribution in [3.8, 4) is 0 Å². The zero-order valence-corrected chi connectivity index (χ0v) is 12.4. The summed E-state index contributed by atoms with van der Waals surface area (Å²) >= 11 is 1.79. The largest absolute Gasteiger partial charge is 0.301 e. The first-order valence-corrected chi connectivity index (χ1v) is 7.62. The van der Waals surface area contributed by atoms with E-state index in [1.807, 2.05) is 0 Å². The summed E-state index contributed by atoms with van der Waals surface area (Å²) in [5.41, 5.74) is -0.104. The Balaban J connectivity index is 1.90. The SMILES string of the molecule is CN(Cc1cccs1)CC1CCCC(C)(C)C1=O. The summed E-state index contributed by atoms with van der Waals surface area (Å²) in [6, 6.07) is 4.25. The van der Waals surface area contributed by atoms with Crippen molar-refractivity contribution in [3.05, 3.63) is 22.4 Å². The Morgan fingerprint density at radius 1 is 1.50 bits per heavy atom. The Hall–Kier alpha value is -0.670. The lowest BCUT2D eigenvalue weighted by atomic mass is 9.71. The van der Waals surface area contributed by atoms with Crippen molar-refractivity contribution in [2.75, 3.05) is 13.6 Å². The van der Waals surface area contributed by atoms with Gasteiger partial charge in [0.05, 0.1) is 0 Å². The van der Waals surface area contributed by atoms with E-state index in [0.717, 1.165) is 25.9 Å². The molecule has 1 unspecified atom stereocenters. The first-order chi connectivity index (χ1) is 8.49. The lowest BCUT2D eigenvalue weighted by molar-refractivity contribution is -0.134. The number of carbonyl (C=O) groups excluding carboxylic acids is 1. The number of Topliss-reactive ketones (excluding diaryl/α,β-unsaturated/α-hetero) is 1. The zero-order chi connectivity index (χ0) is 13.2. The minimum Gasteiger partial charge on any atom is -0.301 e. The summed E-state index contributed by atoms with van der Waals surface area (Å²) in [6.45, 7) is 6.06. The molecule has 1 atom stereocenters. The number of rotatable bonds is 4. The number of hydrogen-bond acceptors (Lipinski definition) is 3. The lowest BCUT2D eigenvalue weighted by Crippen LogP contribution is -2.40. The van der Waals surface area contributed by atoms with Crippen LogP contribution < -0.4 is 0 Å². The standard InChI is InChI=1S/C15H23NOS/c1-15(2)8-4-6-12(14(15)17)10-16(3)11-13-7-5-9-18-13/h5,7,9,12H,4,6,8,10-11H2,1-3H3. The van der Waals surface area contributed by atoms with Gasteiger partial charge in [-0.3, -0.25) is 4.79 Å². The number of ketones is 1. The molecule has 0 bridgehead atoms. The van der Waals surface area contributed by atoms with E-state index < -0.39 is 0 Å². The van der Waals surface area contributed by atoms with E-state index in [-0.39, 0.29) is 11.3 Å². The van der Waals surface area contributed by atoms with Crippen molar-refractivity contribution in [3.63, 3.8) is 0 Å². The molecule has 1 fully saturated rings. The number of carbonyl (C=O) groups is 1. The van der Waals surface area contributed by atoms with Gasteiger partial charge >= 0.3 is 0 Å². The van der Waals surface area contributed by atoms with Gasteiger partial charge in [0.2, 0.25) is 0 Å². The molecule has 0 aliphatic heterocycles. The van der Waals surface area contributed by atoms with Crippen LogP contribution in [0.25, 0.3) is 0 Å². The lowest BCUT2D eigenvalue weighted by Gasteiger charge is -2.35. The van der Waals surface area contributed by atoms with Crippen LogP contribution in [0.1, 0.15) is 38.0 Å². The van der Waals surface area contributed by atoms with Crippen LogP contribution in [0.5, 0.6) is 0 Å². The van der Waals surface area contributed by atoms with E-state index in [9.17, 15) is 4.79 Å². The molecule has 1 aromatic heterocycles. The van der Waals surface area contributed by atoms with Crippen LogP contribution in [-0.2, 0) is 11.3 Å². The number of hydrogen-bond donors (Lipinski definition) is 0. The highest BCUT2D eigenvalue weighted by atomic mass is 32.1. The molecule has 0 saturated heterocycles. The summed E-state index contributed by atoms with van der Waals surface area (Å²) in [4.78, 5) is 16.0. The molecule has 3 heteroatoms. The van der Waals surface area contributed by atoms with Crippen molar-refractivity contribution in [2.24, 2.45) is 11.3 Å². The van der Waals surface area contributed by atoms with Crippen molar-refractivity contribution in [1.29, 1.82) is 0 Å². The highest BCUT2D eigenvalue weighted by Crippen LogP contribution is 2.35. The third-order valence-corrected chi connectivity index (χ3v) is 4.79. The van der Waals surface area contributed by atoms with Crippen LogP contribution in [0.2, 0.25) is 0 Å². The quantitative estimate of drug-likeness (QED) is 0.829. The highest BCUT2D eigenvalue weighted by Gasteiger charge is 2.37. The van der Waals surface area contributed by atoms with Gasteiger partial charge in [-0.1, -0.05) is 26.3 Å². The molecule has 0 amide bonds. The van der Waals surface area contributed by atoms with Crippen molar-refractivity contribution >= 4 is 17.1 Å². The molecule has 100 valence electrons. The van der Waals surface area contributed by atoms with E-state index in [1.54, 1.807) is 11.3 Å². The molecule has 0 radical (unpaired) electrons. The van der Waals surface area contributed by atoms with Crippen LogP contribution in [0.15, 0.2) is 17.5 Å². The van der Waals surface area contributed by atoms with E-state index in [0.29, 0.717) is 5.78 Å². The molecular weight excluding hydrogens is 242 g/mol. The molecule has 1 saturated carbocycles. The van der Waals surface area contributed by atoms with Crippen LogP contribution in [0.3, 0.4) is 0 Å².